The fourth-order valence-corrected chi connectivity index (χ4v) is 4.14. The molecule has 0 aliphatic carbocycles. The van der Waals surface area contributed by atoms with Crippen molar-refractivity contribution in [3.63, 3.8) is 0 Å². The Labute approximate surface area is 159 Å². The molecule has 0 unspecified atom stereocenters. The van der Waals surface area contributed by atoms with Gasteiger partial charge in [0.25, 0.3) is 5.91 Å². The fourth-order valence-electron chi connectivity index (χ4n) is 4.14. The molecule has 1 atom stereocenters. The predicted octanol–water partition coefficient (Wildman–Crippen LogP) is 2.81. The number of amides is 2. The molecule has 2 amide bonds. The van der Waals surface area contributed by atoms with Gasteiger partial charge in [0, 0.05) is 37.7 Å². The predicted molar refractivity (Wildman–Crippen MR) is 103 cm³/mol. The molecule has 0 spiro atoms. The van der Waals surface area contributed by atoms with E-state index >= 15 is 0 Å². The maximum atomic E-state index is 13.4. The van der Waals surface area contributed by atoms with E-state index < -0.39 is 6.04 Å². The molecule has 2 aliphatic rings. The first kappa shape index (κ1) is 17.8. The van der Waals surface area contributed by atoms with Gasteiger partial charge in [-0.3, -0.25) is 9.59 Å². The van der Waals surface area contributed by atoms with Crippen LogP contribution in [0.3, 0.4) is 0 Å². The van der Waals surface area contributed by atoms with Crippen molar-refractivity contribution in [1.29, 1.82) is 0 Å². The minimum Gasteiger partial charge on any atom is -0.343 e. The number of carbonyl (C=O) groups is 2. The van der Waals surface area contributed by atoms with Gasteiger partial charge in [-0.2, -0.15) is 0 Å². The highest BCUT2D eigenvalue weighted by atomic mass is 16.2. The van der Waals surface area contributed by atoms with E-state index in [9.17, 15) is 9.59 Å². The van der Waals surface area contributed by atoms with Gasteiger partial charge in [-0.15, -0.1) is 0 Å². The lowest BCUT2D eigenvalue weighted by Gasteiger charge is -2.27. The molecule has 6 nitrogen and oxygen atoms in total. The van der Waals surface area contributed by atoms with Crippen LogP contribution in [-0.4, -0.2) is 45.9 Å². The van der Waals surface area contributed by atoms with E-state index in [1.54, 1.807) is 23.3 Å². The topological polar surface area (TPSA) is 58.4 Å². The Hall–Kier alpha value is -2.63. The van der Waals surface area contributed by atoms with Crippen molar-refractivity contribution in [3.8, 4) is 0 Å². The second-order valence-electron chi connectivity index (χ2n) is 7.39. The van der Waals surface area contributed by atoms with Gasteiger partial charge in [0.05, 0.1) is 12.7 Å². The average Bonchev–Trinajstić information content (AvgIpc) is 3.29. The number of para-hydroxylation sites is 1. The normalized spacial score (nSPS) is 18.1. The molecule has 27 heavy (non-hydrogen) atoms. The van der Waals surface area contributed by atoms with Crippen LogP contribution in [-0.2, 0) is 16.0 Å². The molecule has 1 saturated heterocycles. The summed E-state index contributed by atoms with van der Waals surface area (Å²) in [4.78, 5) is 34.2. The van der Waals surface area contributed by atoms with E-state index in [4.69, 9.17) is 0 Å². The van der Waals surface area contributed by atoms with Crippen LogP contribution in [0.5, 0.6) is 0 Å². The number of hydrogen-bond acceptors (Lipinski definition) is 3. The molecule has 2 aliphatic heterocycles. The van der Waals surface area contributed by atoms with Crippen molar-refractivity contribution in [2.45, 2.75) is 44.6 Å². The number of rotatable bonds is 4. The van der Waals surface area contributed by atoms with Gasteiger partial charge in [-0.05, 0) is 30.9 Å². The first-order chi connectivity index (χ1) is 13.2. The van der Waals surface area contributed by atoms with Gasteiger partial charge in [-0.25, -0.2) is 4.98 Å². The minimum absolute atomic E-state index is 0.0267. The van der Waals surface area contributed by atoms with Gasteiger partial charge >= 0.3 is 0 Å². The van der Waals surface area contributed by atoms with Gasteiger partial charge in [0.1, 0.15) is 6.04 Å². The highest BCUT2D eigenvalue weighted by Gasteiger charge is 2.33. The van der Waals surface area contributed by atoms with Crippen molar-refractivity contribution < 1.29 is 9.59 Å². The van der Waals surface area contributed by atoms with Crippen LogP contribution in [0.1, 0.15) is 43.7 Å². The average molecular weight is 366 g/mol. The van der Waals surface area contributed by atoms with Gasteiger partial charge < -0.3 is 14.4 Å². The van der Waals surface area contributed by atoms with Gasteiger partial charge in [-0.1, -0.05) is 31.0 Å². The van der Waals surface area contributed by atoms with Crippen molar-refractivity contribution >= 4 is 17.5 Å². The van der Waals surface area contributed by atoms with E-state index in [-0.39, 0.29) is 18.2 Å². The number of aromatic nitrogens is 2. The number of carbonyl (C=O) groups excluding carboxylic acids is 2. The molecule has 142 valence electrons. The van der Waals surface area contributed by atoms with Gasteiger partial charge in [0.2, 0.25) is 5.91 Å². The monoisotopic (exact) mass is 366 g/mol. The zero-order valence-electron chi connectivity index (χ0n) is 15.6. The highest BCUT2D eigenvalue weighted by molar-refractivity contribution is 6.00. The number of benzene rings is 1. The zero-order valence-corrected chi connectivity index (χ0v) is 15.6. The lowest BCUT2D eigenvalue weighted by molar-refractivity contribution is -0.135. The smallest absolute Gasteiger partial charge is 0.250 e. The molecule has 4 rings (SSSR count). The molecule has 0 N–H and O–H groups in total. The second-order valence-corrected chi connectivity index (χ2v) is 7.39. The summed E-state index contributed by atoms with van der Waals surface area (Å²) in [6.45, 7) is 2.27. The van der Waals surface area contributed by atoms with E-state index in [1.165, 1.54) is 18.4 Å². The summed E-state index contributed by atoms with van der Waals surface area (Å²) in [6, 6.07) is 7.47. The lowest BCUT2D eigenvalue weighted by atomic mass is 10.1. The molecule has 1 aromatic carbocycles. The Bertz CT molecular complexity index is 794. The number of hydrogen-bond donors (Lipinski definition) is 0. The molecule has 0 radical (unpaired) electrons. The summed E-state index contributed by atoms with van der Waals surface area (Å²) < 4.78 is 1.78. The standard InChI is InChI=1S/C21H26N4O2/c26-20(23-11-5-1-2-6-12-23)15-19(24-14-10-22-16-24)21(27)25-13-9-17-7-3-4-8-18(17)25/h3-4,7-8,10,14,16,19H,1-2,5-6,9,11-13,15H2/t19-/m0/s1. The summed E-state index contributed by atoms with van der Waals surface area (Å²) in [6.07, 6.45) is 10.6. The molecule has 0 bridgehead atoms. The fraction of sp³-hybridized carbons (Fsp3) is 0.476. The summed E-state index contributed by atoms with van der Waals surface area (Å²) in [5.74, 6) is 0.0394. The van der Waals surface area contributed by atoms with Crippen LogP contribution in [0, 0.1) is 0 Å². The van der Waals surface area contributed by atoms with Crippen LogP contribution >= 0.6 is 0 Å². The van der Waals surface area contributed by atoms with Crippen LogP contribution in [0.25, 0.3) is 0 Å². The van der Waals surface area contributed by atoms with E-state index in [2.05, 4.69) is 11.1 Å². The van der Waals surface area contributed by atoms with Crippen LogP contribution in [0.15, 0.2) is 43.0 Å². The van der Waals surface area contributed by atoms with Gasteiger partial charge in [0.15, 0.2) is 0 Å². The summed E-state index contributed by atoms with van der Waals surface area (Å²) in [5.41, 5.74) is 2.16. The summed E-state index contributed by atoms with van der Waals surface area (Å²) in [5, 5.41) is 0. The number of imidazole rings is 1. The van der Waals surface area contributed by atoms with Crippen LogP contribution in [0.2, 0.25) is 0 Å². The zero-order chi connectivity index (χ0) is 18.6. The number of anilines is 1. The Morgan fingerprint density at radius 3 is 2.56 bits per heavy atom. The van der Waals surface area contributed by atoms with Crippen molar-refractivity contribution in [2.75, 3.05) is 24.5 Å². The van der Waals surface area contributed by atoms with Crippen molar-refractivity contribution in [2.24, 2.45) is 0 Å². The third-order valence-electron chi connectivity index (χ3n) is 5.65. The Kier molecular flexibility index (Phi) is 5.23. The Morgan fingerprint density at radius 1 is 1.04 bits per heavy atom. The SMILES string of the molecule is O=C(C[C@@H](C(=O)N1CCc2ccccc21)n1ccnc1)N1CCCCCC1. The molecule has 3 heterocycles. The van der Waals surface area contributed by atoms with Crippen molar-refractivity contribution in [3.05, 3.63) is 48.5 Å². The van der Waals surface area contributed by atoms with Crippen LogP contribution < -0.4 is 4.90 Å². The Balaban J connectivity index is 1.55. The minimum atomic E-state index is -0.547. The lowest BCUT2D eigenvalue weighted by Crippen LogP contribution is -2.40. The van der Waals surface area contributed by atoms with E-state index in [1.807, 2.05) is 28.0 Å². The number of fused-ring (bicyclic) bond motifs is 1. The molecule has 2 aromatic rings. The van der Waals surface area contributed by atoms with E-state index in [0.29, 0.717) is 6.54 Å². The maximum Gasteiger partial charge on any atom is 0.250 e. The highest BCUT2D eigenvalue weighted by Crippen LogP contribution is 2.30. The molecule has 0 saturated carbocycles. The number of likely N-dealkylation sites (tertiary alicyclic amines) is 1. The Morgan fingerprint density at radius 2 is 1.81 bits per heavy atom. The third-order valence-corrected chi connectivity index (χ3v) is 5.65. The van der Waals surface area contributed by atoms with E-state index in [0.717, 1.165) is 38.0 Å². The summed E-state index contributed by atoms with van der Waals surface area (Å²) in [7, 11) is 0. The molecule has 1 fully saturated rings. The summed E-state index contributed by atoms with van der Waals surface area (Å²) >= 11 is 0. The van der Waals surface area contributed by atoms with Crippen LogP contribution in [0.4, 0.5) is 5.69 Å². The molecule has 1 aromatic heterocycles. The molecular weight excluding hydrogens is 340 g/mol. The first-order valence-corrected chi connectivity index (χ1v) is 9.88. The maximum absolute atomic E-state index is 13.4. The number of nitrogens with zero attached hydrogens (tertiary/aromatic N) is 4. The first-order valence-electron chi connectivity index (χ1n) is 9.88. The largest absolute Gasteiger partial charge is 0.343 e. The third kappa shape index (κ3) is 3.75. The second kappa shape index (κ2) is 7.94. The molecular formula is C21H26N4O2. The van der Waals surface area contributed by atoms with Crippen molar-refractivity contribution in [1.82, 2.24) is 14.5 Å². The molecule has 6 heteroatoms. The quantitative estimate of drug-likeness (QED) is 0.836.